The lowest BCUT2D eigenvalue weighted by molar-refractivity contribution is 0.0950. The van der Waals surface area contributed by atoms with Gasteiger partial charge in [-0.3, -0.25) is 9.48 Å². The van der Waals surface area contributed by atoms with Crippen LogP contribution in [0.15, 0.2) is 24.4 Å². The number of anilines is 1. The number of nitrogens with zero attached hydrogens (tertiary/aromatic N) is 3. The third-order valence-electron chi connectivity index (χ3n) is 3.11. The minimum atomic E-state index is -0.111. The van der Waals surface area contributed by atoms with Crippen LogP contribution >= 0.6 is 0 Å². The summed E-state index contributed by atoms with van der Waals surface area (Å²) in [5, 5.41) is 9.93. The first-order valence-electron chi connectivity index (χ1n) is 6.57. The van der Waals surface area contributed by atoms with Gasteiger partial charge in [-0.1, -0.05) is 6.92 Å². The Morgan fingerprint density at radius 3 is 2.80 bits per heavy atom. The Labute approximate surface area is 118 Å². The summed E-state index contributed by atoms with van der Waals surface area (Å²) in [5.74, 6) is 0.592. The molecular weight excluding hydrogens is 254 g/mol. The van der Waals surface area contributed by atoms with Crippen LogP contribution in [0.4, 0.5) is 5.82 Å². The van der Waals surface area contributed by atoms with E-state index in [1.54, 1.807) is 24.0 Å². The number of aryl methyl sites for hydroxylation is 2. The topological polar surface area (TPSA) is 71.8 Å². The molecule has 0 aliphatic rings. The monoisotopic (exact) mass is 273 g/mol. The molecule has 0 bridgehead atoms. The largest absolute Gasteiger partial charge is 0.373 e. The highest BCUT2D eigenvalue weighted by atomic mass is 16.1. The van der Waals surface area contributed by atoms with Crippen molar-refractivity contribution in [1.29, 1.82) is 0 Å². The molecule has 0 spiro atoms. The Balaban J connectivity index is 2.10. The zero-order valence-electron chi connectivity index (χ0n) is 12.0. The van der Waals surface area contributed by atoms with Gasteiger partial charge in [-0.05, 0) is 24.6 Å². The van der Waals surface area contributed by atoms with Gasteiger partial charge in [-0.2, -0.15) is 5.10 Å². The number of hydrogen-bond donors (Lipinski definition) is 2. The van der Waals surface area contributed by atoms with Gasteiger partial charge in [0.05, 0.1) is 12.2 Å². The maximum absolute atomic E-state index is 12.2. The molecule has 2 rings (SSSR count). The molecule has 0 aromatic carbocycles. The van der Waals surface area contributed by atoms with Gasteiger partial charge < -0.3 is 10.6 Å². The Bertz CT molecular complexity index is 583. The minimum absolute atomic E-state index is 0.111. The van der Waals surface area contributed by atoms with Crippen LogP contribution in [-0.2, 0) is 20.0 Å². The molecule has 0 saturated carbocycles. The minimum Gasteiger partial charge on any atom is -0.373 e. The average Bonchev–Trinajstić information content (AvgIpc) is 2.89. The van der Waals surface area contributed by atoms with E-state index in [4.69, 9.17) is 0 Å². The molecule has 2 aromatic rings. The first kappa shape index (κ1) is 14.0. The molecule has 0 atom stereocenters. The Hall–Kier alpha value is -2.37. The molecule has 0 unspecified atom stereocenters. The van der Waals surface area contributed by atoms with Crippen molar-refractivity contribution < 1.29 is 4.79 Å². The fourth-order valence-corrected chi connectivity index (χ4v) is 1.88. The van der Waals surface area contributed by atoms with Gasteiger partial charge >= 0.3 is 0 Å². The highest BCUT2D eigenvalue weighted by Gasteiger charge is 2.09. The number of carbonyl (C=O) groups is 1. The van der Waals surface area contributed by atoms with E-state index in [1.807, 2.05) is 26.1 Å². The van der Waals surface area contributed by atoms with Crippen molar-refractivity contribution in [3.8, 4) is 0 Å². The Morgan fingerprint density at radius 1 is 1.40 bits per heavy atom. The van der Waals surface area contributed by atoms with Gasteiger partial charge in [0.1, 0.15) is 5.82 Å². The summed E-state index contributed by atoms with van der Waals surface area (Å²) in [5.41, 5.74) is 2.46. The van der Waals surface area contributed by atoms with Gasteiger partial charge in [0.2, 0.25) is 0 Å². The van der Waals surface area contributed by atoms with Crippen LogP contribution in [0, 0.1) is 0 Å². The lowest BCUT2D eigenvalue weighted by Crippen LogP contribution is -2.24. The third kappa shape index (κ3) is 3.14. The van der Waals surface area contributed by atoms with Crippen molar-refractivity contribution in [2.75, 3.05) is 12.4 Å². The highest BCUT2D eigenvalue weighted by Crippen LogP contribution is 2.11. The predicted octanol–water partition coefficient (Wildman–Crippen LogP) is 1.35. The molecule has 0 fully saturated rings. The molecule has 1 amide bonds. The molecule has 20 heavy (non-hydrogen) atoms. The zero-order chi connectivity index (χ0) is 14.5. The van der Waals surface area contributed by atoms with Crippen LogP contribution < -0.4 is 10.6 Å². The second-order valence-electron chi connectivity index (χ2n) is 4.46. The van der Waals surface area contributed by atoms with Crippen LogP contribution in [0.5, 0.6) is 0 Å². The maximum Gasteiger partial charge on any atom is 0.251 e. The molecule has 0 saturated heterocycles. The van der Waals surface area contributed by atoms with Gasteiger partial charge in [0, 0.05) is 31.5 Å². The number of carbonyl (C=O) groups excluding carboxylic acids is 1. The molecule has 0 aliphatic heterocycles. The van der Waals surface area contributed by atoms with Crippen molar-refractivity contribution in [3.05, 3.63) is 41.3 Å². The normalized spacial score (nSPS) is 10.3. The fourth-order valence-electron chi connectivity index (χ4n) is 1.88. The number of rotatable bonds is 5. The Morgan fingerprint density at radius 2 is 2.20 bits per heavy atom. The van der Waals surface area contributed by atoms with E-state index >= 15 is 0 Å². The van der Waals surface area contributed by atoms with Crippen molar-refractivity contribution in [1.82, 2.24) is 20.1 Å². The van der Waals surface area contributed by atoms with Crippen LogP contribution in [0.25, 0.3) is 0 Å². The molecule has 2 heterocycles. The van der Waals surface area contributed by atoms with Gasteiger partial charge in [0.15, 0.2) is 0 Å². The summed E-state index contributed by atoms with van der Waals surface area (Å²) >= 11 is 0. The summed E-state index contributed by atoms with van der Waals surface area (Å²) in [7, 11) is 3.64. The first-order chi connectivity index (χ1) is 9.63. The first-order valence-corrected chi connectivity index (χ1v) is 6.57. The van der Waals surface area contributed by atoms with Gasteiger partial charge in [-0.25, -0.2) is 4.98 Å². The fraction of sp³-hybridized carbons (Fsp3) is 0.357. The SMILES string of the molecule is CCc1cc(C(=O)NCc2ccnn2C)cc(NC)n1. The summed E-state index contributed by atoms with van der Waals surface area (Å²) in [6.45, 7) is 2.47. The number of hydrogen-bond acceptors (Lipinski definition) is 4. The maximum atomic E-state index is 12.2. The molecule has 6 heteroatoms. The average molecular weight is 273 g/mol. The molecule has 2 aromatic heterocycles. The number of nitrogens with one attached hydrogen (secondary N) is 2. The summed E-state index contributed by atoms with van der Waals surface area (Å²) in [4.78, 5) is 16.6. The number of amides is 1. The van der Waals surface area contributed by atoms with Gasteiger partial charge in [0.25, 0.3) is 5.91 Å². The van der Waals surface area contributed by atoms with Crippen LogP contribution in [0.2, 0.25) is 0 Å². The number of pyridine rings is 1. The van der Waals surface area contributed by atoms with E-state index < -0.39 is 0 Å². The Kier molecular flexibility index (Phi) is 4.34. The molecule has 6 nitrogen and oxygen atoms in total. The lowest BCUT2D eigenvalue weighted by atomic mass is 10.2. The van der Waals surface area contributed by atoms with Crippen molar-refractivity contribution in [2.45, 2.75) is 19.9 Å². The summed E-state index contributed by atoms with van der Waals surface area (Å²) < 4.78 is 1.74. The van der Waals surface area contributed by atoms with Crippen molar-refractivity contribution >= 4 is 11.7 Å². The van der Waals surface area contributed by atoms with E-state index in [9.17, 15) is 4.79 Å². The zero-order valence-corrected chi connectivity index (χ0v) is 12.0. The molecular formula is C14H19N5O. The van der Waals surface area contributed by atoms with Crippen LogP contribution in [0.1, 0.15) is 28.7 Å². The van der Waals surface area contributed by atoms with E-state index in [0.717, 1.165) is 17.8 Å². The van der Waals surface area contributed by atoms with E-state index in [0.29, 0.717) is 17.9 Å². The standard InChI is InChI=1S/C14H19N5O/c1-4-11-7-10(8-13(15-2)18-11)14(20)16-9-12-5-6-17-19(12)3/h5-8H,4,9H2,1-3H3,(H,15,18)(H,16,20). The molecule has 2 N–H and O–H groups in total. The molecule has 0 aliphatic carbocycles. The smallest absolute Gasteiger partial charge is 0.251 e. The predicted molar refractivity (Wildman–Crippen MR) is 77.5 cm³/mol. The number of aromatic nitrogens is 3. The second kappa shape index (κ2) is 6.18. The quantitative estimate of drug-likeness (QED) is 0.862. The van der Waals surface area contributed by atoms with E-state index in [1.165, 1.54) is 0 Å². The van der Waals surface area contributed by atoms with E-state index in [-0.39, 0.29) is 5.91 Å². The third-order valence-corrected chi connectivity index (χ3v) is 3.11. The highest BCUT2D eigenvalue weighted by molar-refractivity contribution is 5.94. The van der Waals surface area contributed by atoms with Crippen molar-refractivity contribution in [2.24, 2.45) is 7.05 Å². The van der Waals surface area contributed by atoms with Crippen LogP contribution in [-0.4, -0.2) is 27.7 Å². The summed E-state index contributed by atoms with van der Waals surface area (Å²) in [6.07, 6.45) is 2.50. The van der Waals surface area contributed by atoms with Crippen LogP contribution in [0.3, 0.4) is 0 Å². The summed E-state index contributed by atoms with van der Waals surface area (Å²) in [6, 6.07) is 5.44. The lowest BCUT2D eigenvalue weighted by Gasteiger charge is -2.09. The molecule has 0 radical (unpaired) electrons. The van der Waals surface area contributed by atoms with Gasteiger partial charge in [-0.15, -0.1) is 0 Å². The molecule has 106 valence electrons. The van der Waals surface area contributed by atoms with E-state index in [2.05, 4.69) is 20.7 Å². The van der Waals surface area contributed by atoms with Crippen molar-refractivity contribution in [3.63, 3.8) is 0 Å². The second-order valence-corrected chi connectivity index (χ2v) is 4.46.